The molecule has 3 heteroatoms. The number of likely N-dealkylation sites (tertiary alicyclic amines) is 1. The second kappa shape index (κ2) is 4.49. The van der Waals surface area contributed by atoms with Crippen LogP contribution >= 0.6 is 12.6 Å². The van der Waals surface area contributed by atoms with Crippen molar-refractivity contribution in [1.82, 2.24) is 4.90 Å². The maximum Gasteiger partial charge on any atom is 0.0644 e. The number of hydrogen-bond acceptors (Lipinski definition) is 3. The van der Waals surface area contributed by atoms with Crippen LogP contribution in [0.2, 0.25) is 0 Å². The standard InChI is InChI=1S/C9H19NOS/c1-9(11)3-6-10(7-4-9)5-2-8-12/h11-12H,2-8H2,1H3. The highest BCUT2D eigenvalue weighted by molar-refractivity contribution is 7.80. The van der Waals surface area contributed by atoms with Gasteiger partial charge in [0.05, 0.1) is 5.60 Å². The summed E-state index contributed by atoms with van der Waals surface area (Å²) in [5, 5.41) is 9.68. The Morgan fingerprint density at radius 3 is 2.50 bits per heavy atom. The fraction of sp³-hybridized carbons (Fsp3) is 1.00. The van der Waals surface area contributed by atoms with Gasteiger partial charge in [-0.2, -0.15) is 12.6 Å². The second-order valence-electron chi connectivity index (χ2n) is 3.92. The molecule has 0 aliphatic carbocycles. The van der Waals surface area contributed by atoms with Crippen LogP contribution in [-0.2, 0) is 0 Å². The topological polar surface area (TPSA) is 23.5 Å². The van der Waals surface area contributed by atoms with Crippen LogP contribution in [0.5, 0.6) is 0 Å². The van der Waals surface area contributed by atoms with Gasteiger partial charge in [-0.15, -0.1) is 0 Å². The Kier molecular flexibility index (Phi) is 3.87. The van der Waals surface area contributed by atoms with Gasteiger partial charge in [0.2, 0.25) is 0 Å². The second-order valence-corrected chi connectivity index (χ2v) is 4.36. The van der Waals surface area contributed by atoms with Crippen LogP contribution in [0.3, 0.4) is 0 Å². The van der Waals surface area contributed by atoms with E-state index in [9.17, 15) is 5.11 Å². The first-order valence-electron chi connectivity index (χ1n) is 4.70. The third kappa shape index (κ3) is 3.33. The molecule has 1 saturated heterocycles. The maximum atomic E-state index is 9.68. The SMILES string of the molecule is CC1(O)CCN(CCCS)CC1. The first kappa shape index (κ1) is 10.4. The molecule has 0 aromatic rings. The summed E-state index contributed by atoms with van der Waals surface area (Å²) in [6.07, 6.45) is 2.99. The molecule has 0 aromatic heterocycles. The Balaban J connectivity index is 2.18. The van der Waals surface area contributed by atoms with Gasteiger partial charge in [0.25, 0.3) is 0 Å². The summed E-state index contributed by atoms with van der Waals surface area (Å²) in [6.45, 7) is 5.16. The minimum Gasteiger partial charge on any atom is -0.390 e. The van der Waals surface area contributed by atoms with Crippen molar-refractivity contribution >= 4 is 12.6 Å². The molecule has 1 N–H and O–H groups in total. The van der Waals surface area contributed by atoms with E-state index in [2.05, 4.69) is 17.5 Å². The minimum absolute atomic E-state index is 0.405. The van der Waals surface area contributed by atoms with E-state index in [4.69, 9.17) is 0 Å². The first-order chi connectivity index (χ1) is 5.64. The van der Waals surface area contributed by atoms with Crippen molar-refractivity contribution in [1.29, 1.82) is 0 Å². The molecule has 72 valence electrons. The monoisotopic (exact) mass is 189 g/mol. The van der Waals surface area contributed by atoms with Gasteiger partial charge in [-0.3, -0.25) is 0 Å². The molecule has 1 heterocycles. The lowest BCUT2D eigenvalue weighted by atomic mass is 9.94. The number of aliphatic hydroxyl groups is 1. The van der Waals surface area contributed by atoms with Crippen LogP contribution in [0.1, 0.15) is 26.2 Å². The fourth-order valence-electron chi connectivity index (χ4n) is 1.55. The lowest BCUT2D eigenvalue weighted by Gasteiger charge is -2.35. The van der Waals surface area contributed by atoms with E-state index in [1.165, 1.54) is 0 Å². The molecular weight excluding hydrogens is 170 g/mol. The lowest BCUT2D eigenvalue weighted by molar-refractivity contribution is -0.00507. The molecule has 0 saturated carbocycles. The van der Waals surface area contributed by atoms with E-state index in [0.717, 1.165) is 44.6 Å². The molecule has 1 aliphatic heterocycles. The molecule has 1 aliphatic rings. The molecule has 0 radical (unpaired) electrons. The van der Waals surface area contributed by atoms with Crippen molar-refractivity contribution in [2.75, 3.05) is 25.4 Å². The van der Waals surface area contributed by atoms with Gasteiger partial charge < -0.3 is 10.0 Å². The summed E-state index contributed by atoms with van der Waals surface area (Å²) in [7, 11) is 0. The van der Waals surface area contributed by atoms with Crippen molar-refractivity contribution in [3.05, 3.63) is 0 Å². The number of nitrogens with zero attached hydrogens (tertiary/aromatic N) is 1. The maximum absolute atomic E-state index is 9.68. The Morgan fingerprint density at radius 1 is 1.42 bits per heavy atom. The molecule has 2 nitrogen and oxygen atoms in total. The Hall–Kier alpha value is 0.270. The van der Waals surface area contributed by atoms with Crippen LogP contribution in [0.25, 0.3) is 0 Å². The average Bonchev–Trinajstić information content (AvgIpc) is 2.03. The van der Waals surface area contributed by atoms with Crippen molar-refractivity contribution in [2.45, 2.75) is 31.8 Å². The van der Waals surface area contributed by atoms with Crippen LogP contribution < -0.4 is 0 Å². The zero-order valence-corrected chi connectivity index (χ0v) is 8.69. The van der Waals surface area contributed by atoms with Crippen LogP contribution in [0.4, 0.5) is 0 Å². The predicted molar refractivity (Wildman–Crippen MR) is 54.8 cm³/mol. The summed E-state index contributed by atoms with van der Waals surface area (Å²) >= 11 is 4.18. The van der Waals surface area contributed by atoms with Crippen molar-refractivity contribution in [3.63, 3.8) is 0 Å². The number of hydrogen-bond donors (Lipinski definition) is 2. The Morgan fingerprint density at radius 2 is 2.00 bits per heavy atom. The smallest absolute Gasteiger partial charge is 0.0644 e. The summed E-state index contributed by atoms with van der Waals surface area (Å²) < 4.78 is 0. The first-order valence-corrected chi connectivity index (χ1v) is 5.33. The van der Waals surface area contributed by atoms with Crippen LogP contribution in [0, 0.1) is 0 Å². The van der Waals surface area contributed by atoms with E-state index in [0.29, 0.717) is 0 Å². The van der Waals surface area contributed by atoms with E-state index in [1.807, 2.05) is 6.92 Å². The molecule has 0 atom stereocenters. The molecule has 12 heavy (non-hydrogen) atoms. The zero-order valence-electron chi connectivity index (χ0n) is 7.79. The number of piperidine rings is 1. The Bertz CT molecular complexity index is 128. The van der Waals surface area contributed by atoms with Gasteiger partial charge in [0, 0.05) is 13.1 Å². The van der Waals surface area contributed by atoms with E-state index in [-0.39, 0.29) is 0 Å². The Labute approximate surface area is 80.4 Å². The van der Waals surface area contributed by atoms with Crippen LogP contribution in [-0.4, -0.2) is 41.0 Å². The van der Waals surface area contributed by atoms with Crippen molar-refractivity contribution < 1.29 is 5.11 Å². The summed E-state index contributed by atoms with van der Waals surface area (Å²) in [5.74, 6) is 0.965. The van der Waals surface area contributed by atoms with Crippen LogP contribution in [0.15, 0.2) is 0 Å². The lowest BCUT2D eigenvalue weighted by Crippen LogP contribution is -2.42. The summed E-state index contributed by atoms with van der Waals surface area (Å²) in [4.78, 5) is 2.41. The predicted octanol–water partition coefficient (Wildman–Crippen LogP) is 1.15. The zero-order chi connectivity index (χ0) is 9.03. The third-order valence-corrected chi connectivity index (χ3v) is 2.88. The largest absolute Gasteiger partial charge is 0.390 e. The van der Waals surface area contributed by atoms with Gasteiger partial charge in [-0.05, 0) is 38.5 Å². The molecule has 0 unspecified atom stereocenters. The minimum atomic E-state index is -0.405. The highest BCUT2D eigenvalue weighted by atomic mass is 32.1. The summed E-state index contributed by atoms with van der Waals surface area (Å²) in [5.41, 5.74) is -0.405. The van der Waals surface area contributed by atoms with Gasteiger partial charge in [0.1, 0.15) is 0 Å². The third-order valence-electron chi connectivity index (χ3n) is 2.57. The fourth-order valence-corrected chi connectivity index (χ4v) is 1.69. The van der Waals surface area contributed by atoms with Gasteiger partial charge in [-0.25, -0.2) is 0 Å². The highest BCUT2D eigenvalue weighted by Gasteiger charge is 2.26. The molecule has 0 aromatic carbocycles. The number of thiol groups is 1. The molecular formula is C9H19NOS. The van der Waals surface area contributed by atoms with E-state index < -0.39 is 5.60 Å². The van der Waals surface area contributed by atoms with E-state index >= 15 is 0 Å². The summed E-state index contributed by atoms with van der Waals surface area (Å²) in [6, 6.07) is 0. The molecule has 0 amide bonds. The molecule has 0 spiro atoms. The molecule has 1 rings (SSSR count). The molecule has 0 bridgehead atoms. The van der Waals surface area contributed by atoms with Gasteiger partial charge in [-0.1, -0.05) is 0 Å². The average molecular weight is 189 g/mol. The quantitative estimate of drug-likeness (QED) is 0.651. The van der Waals surface area contributed by atoms with Crippen molar-refractivity contribution in [3.8, 4) is 0 Å². The normalized spacial score (nSPS) is 24.2. The molecule has 1 fully saturated rings. The van der Waals surface area contributed by atoms with Crippen molar-refractivity contribution in [2.24, 2.45) is 0 Å². The highest BCUT2D eigenvalue weighted by Crippen LogP contribution is 2.20. The van der Waals surface area contributed by atoms with E-state index in [1.54, 1.807) is 0 Å². The van der Waals surface area contributed by atoms with Gasteiger partial charge >= 0.3 is 0 Å². The van der Waals surface area contributed by atoms with Gasteiger partial charge in [0.15, 0.2) is 0 Å². The number of rotatable bonds is 3.